The molecule has 5 nitrogen and oxygen atoms in total. The molecule has 2 saturated heterocycles. The van der Waals surface area contributed by atoms with Gasteiger partial charge in [-0.25, -0.2) is 0 Å². The van der Waals surface area contributed by atoms with Crippen LogP contribution in [0.2, 0.25) is 0 Å². The molecule has 20 heavy (non-hydrogen) atoms. The monoisotopic (exact) mass is 276 g/mol. The van der Waals surface area contributed by atoms with Crippen LogP contribution in [-0.4, -0.2) is 53.1 Å². The minimum atomic E-state index is 0.0384. The lowest BCUT2D eigenvalue weighted by Gasteiger charge is -2.25. The summed E-state index contributed by atoms with van der Waals surface area (Å²) in [5, 5.41) is 0. The number of hydrogen-bond acceptors (Lipinski definition) is 4. The number of rotatable bonds is 3. The van der Waals surface area contributed by atoms with E-state index in [1.165, 1.54) is 32.4 Å². The molecule has 2 N–H and O–H groups in total. The van der Waals surface area contributed by atoms with Gasteiger partial charge in [0.2, 0.25) is 0 Å². The molecule has 1 unspecified atom stereocenters. The Hall–Kier alpha value is -1.33. The molecule has 1 aromatic heterocycles. The molecule has 0 spiro atoms. The molecule has 1 atom stereocenters. The largest absolute Gasteiger partial charge is 0.398 e. The molecule has 1 aromatic rings. The summed E-state index contributed by atoms with van der Waals surface area (Å²) in [6, 6.07) is 3.95. The molecule has 0 bridgehead atoms. The topological polar surface area (TPSA) is 54.5 Å². The zero-order valence-electron chi connectivity index (χ0n) is 12.0. The Morgan fingerprint density at radius 1 is 1.15 bits per heavy atom. The molecule has 0 radical (unpaired) electrons. The van der Waals surface area contributed by atoms with Crippen molar-refractivity contribution in [2.45, 2.75) is 31.8 Å². The molecule has 0 aliphatic carbocycles. The highest BCUT2D eigenvalue weighted by Crippen LogP contribution is 2.21. The first-order valence-corrected chi connectivity index (χ1v) is 7.65. The summed E-state index contributed by atoms with van der Waals surface area (Å²) in [6.45, 7) is 6.47. The van der Waals surface area contributed by atoms with E-state index in [2.05, 4.69) is 9.80 Å². The van der Waals surface area contributed by atoms with E-state index in [4.69, 9.17) is 5.73 Å². The quantitative estimate of drug-likeness (QED) is 0.878. The molecule has 0 saturated carbocycles. The predicted octanol–water partition coefficient (Wildman–Crippen LogP) is 0.601. The van der Waals surface area contributed by atoms with Crippen LogP contribution in [0.15, 0.2) is 23.1 Å². The van der Waals surface area contributed by atoms with E-state index < -0.39 is 0 Å². The molecule has 0 aromatic carbocycles. The van der Waals surface area contributed by atoms with Crippen LogP contribution in [0.3, 0.4) is 0 Å². The summed E-state index contributed by atoms with van der Waals surface area (Å²) >= 11 is 0. The van der Waals surface area contributed by atoms with Gasteiger partial charge in [0.1, 0.15) is 0 Å². The predicted molar refractivity (Wildman–Crippen MR) is 80.8 cm³/mol. The Morgan fingerprint density at radius 2 is 2.00 bits per heavy atom. The van der Waals surface area contributed by atoms with Gasteiger partial charge in [-0.05, 0) is 45.0 Å². The lowest BCUT2D eigenvalue weighted by Crippen LogP contribution is -2.38. The Kier molecular flexibility index (Phi) is 4.08. The van der Waals surface area contributed by atoms with Gasteiger partial charge in [-0.2, -0.15) is 0 Å². The summed E-state index contributed by atoms with van der Waals surface area (Å²) in [6.07, 6.45) is 5.66. The maximum absolute atomic E-state index is 11.8. The van der Waals surface area contributed by atoms with Crippen LogP contribution < -0.4 is 11.3 Å². The standard InChI is InChI=1S/C15H24N4O/c16-13-4-5-15(20)19(11-13)10-9-17-6-2-8-18-7-1-3-14(18)12-17/h4-5,11,14H,1-3,6-10,12,16H2. The van der Waals surface area contributed by atoms with Crippen LogP contribution in [0, 0.1) is 0 Å². The van der Waals surface area contributed by atoms with Gasteiger partial charge in [-0.1, -0.05) is 0 Å². The number of aromatic nitrogens is 1. The third-order valence-corrected chi connectivity index (χ3v) is 4.55. The summed E-state index contributed by atoms with van der Waals surface area (Å²) < 4.78 is 1.73. The Bertz CT molecular complexity index is 513. The summed E-state index contributed by atoms with van der Waals surface area (Å²) in [4.78, 5) is 16.9. The van der Waals surface area contributed by atoms with Gasteiger partial charge in [0.05, 0.1) is 0 Å². The third-order valence-electron chi connectivity index (χ3n) is 4.55. The number of pyridine rings is 1. The average molecular weight is 276 g/mol. The van der Waals surface area contributed by atoms with Crippen molar-refractivity contribution in [2.75, 3.05) is 38.5 Å². The van der Waals surface area contributed by atoms with Gasteiger partial charge in [0.15, 0.2) is 0 Å². The number of anilines is 1. The lowest BCUT2D eigenvalue weighted by atomic mass is 10.2. The zero-order chi connectivity index (χ0) is 13.9. The van der Waals surface area contributed by atoms with Gasteiger partial charge in [0.25, 0.3) is 5.56 Å². The number of nitrogen functional groups attached to an aromatic ring is 1. The maximum Gasteiger partial charge on any atom is 0.250 e. The average Bonchev–Trinajstić information content (AvgIpc) is 2.78. The van der Waals surface area contributed by atoms with Crippen LogP contribution in [-0.2, 0) is 6.54 Å². The fourth-order valence-electron chi connectivity index (χ4n) is 3.46. The molecule has 2 aliphatic heterocycles. The molecule has 3 rings (SSSR count). The van der Waals surface area contributed by atoms with Crippen molar-refractivity contribution >= 4 is 5.69 Å². The first kappa shape index (κ1) is 13.6. The van der Waals surface area contributed by atoms with Crippen LogP contribution in [0.1, 0.15) is 19.3 Å². The van der Waals surface area contributed by atoms with Crippen LogP contribution in [0.5, 0.6) is 0 Å². The van der Waals surface area contributed by atoms with Gasteiger partial charge < -0.3 is 10.3 Å². The Morgan fingerprint density at radius 3 is 2.90 bits per heavy atom. The molecule has 2 fully saturated rings. The highest BCUT2D eigenvalue weighted by Gasteiger charge is 2.28. The third kappa shape index (κ3) is 3.04. The molecule has 0 amide bonds. The molecule has 3 heterocycles. The van der Waals surface area contributed by atoms with Crippen molar-refractivity contribution < 1.29 is 0 Å². The smallest absolute Gasteiger partial charge is 0.250 e. The first-order valence-electron chi connectivity index (χ1n) is 7.65. The summed E-state index contributed by atoms with van der Waals surface area (Å²) in [7, 11) is 0. The molecular weight excluding hydrogens is 252 g/mol. The number of hydrogen-bond donors (Lipinski definition) is 1. The van der Waals surface area contributed by atoms with Crippen LogP contribution in [0.25, 0.3) is 0 Å². The summed E-state index contributed by atoms with van der Waals surface area (Å²) in [5.41, 5.74) is 6.44. The van der Waals surface area contributed by atoms with Gasteiger partial charge in [-0.15, -0.1) is 0 Å². The maximum atomic E-state index is 11.8. The second-order valence-electron chi connectivity index (χ2n) is 5.98. The van der Waals surface area contributed by atoms with E-state index in [9.17, 15) is 4.79 Å². The van der Waals surface area contributed by atoms with E-state index >= 15 is 0 Å². The van der Waals surface area contributed by atoms with E-state index in [0.717, 1.165) is 32.2 Å². The second-order valence-corrected chi connectivity index (χ2v) is 5.98. The minimum Gasteiger partial charge on any atom is -0.398 e. The van der Waals surface area contributed by atoms with Crippen LogP contribution >= 0.6 is 0 Å². The highest BCUT2D eigenvalue weighted by molar-refractivity contribution is 5.33. The van der Waals surface area contributed by atoms with Crippen molar-refractivity contribution in [3.63, 3.8) is 0 Å². The number of fused-ring (bicyclic) bond motifs is 1. The van der Waals surface area contributed by atoms with E-state index in [1.54, 1.807) is 22.9 Å². The fraction of sp³-hybridized carbons (Fsp3) is 0.667. The van der Waals surface area contributed by atoms with Crippen LogP contribution in [0.4, 0.5) is 5.69 Å². The van der Waals surface area contributed by atoms with E-state index in [1.807, 2.05) is 0 Å². The fourth-order valence-corrected chi connectivity index (χ4v) is 3.46. The first-order chi connectivity index (χ1) is 9.72. The van der Waals surface area contributed by atoms with E-state index in [-0.39, 0.29) is 5.56 Å². The molecule has 5 heteroatoms. The van der Waals surface area contributed by atoms with Gasteiger partial charge >= 0.3 is 0 Å². The van der Waals surface area contributed by atoms with Gasteiger partial charge in [-0.3, -0.25) is 14.6 Å². The van der Waals surface area contributed by atoms with Crippen molar-refractivity contribution in [3.05, 3.63) is 28.7 Å². The Labute approximate surface area is 120 Å². The van der Waals surface area contributed by atoms with Gasteiger partial charge in [0, 0.05) is 43.6 Å². The summed E-state index contributed by atoms with van der Waals surface area (Å²) in [5.74, 6) is 0. The lowest BCUT2D eigenvalue weighted by molar-refractivity contribution is 0.215. The number of nitrogens with two attached hydrogens (primary N) is 1. The molecular formula is C15H24N4O. The highest BCUT2D eigenvalue weighted by atomic mass is 16.1. The van der Waals surface area contributed by atoms with E-state index in [0.29, 0.717) is 5.69 Å². The van der Waals surface area contributed by atoms with Crippen molar-refractivity contribution in [1.82, 2.24) is 14.4 Å². The SMILES string of the molecule is Nc1ccc(=O)n(CCN2CCCN3CCCC3C2)c1. The van der Waals surface area contributed by atoms with Crippen molar-refractivity contribution in [2.24, 2.45) is 0 Å². The normalized spacial score (nSPS) is 24.5. The van der Waals surface area contributed by atoms with Crippen molar-refractivity contribution in [1.29, 1.82) is 0 Å². The molecule has 2 aliphatic rings. The molecule has 110 valence electrons. The van der Waals surface area contributed by atoms with Crippen molar-refractivity contribution in [3.8, 4) is 0 Å². The minimum absolute atomic E-state index is 0.0384. The Balaban J connectivity index is 1.60. The zero-order valence-corrected chi connectivity index (χ0v) is 12.0. The second kappa shape index (κ2) is 5.97. The number of nitrogens with zero attached hydrogens (tertiary/aromatic N) is 3.